The number of amides is 2. The fraction of sp³-hybridized carbons (Fsp3) is 0.467. The van der Waals surface area contributed by atoms with Crippen molar-refractivity contribution in [2.75, 3.05) is 6.54 Å². The largest absolute Gasteiger partial charge is 0.352 e. The molecule has 2 rings (SSSR count). The summed E-state index contributed by atoms with van der Waals surface area (Å²) in [5.74, 6) is -0.157. The van der Waals surface area contributed by atoms with Crippen LogP contribution in [0.2, 0.25) is 0 Å². The van der Waals surface area contributed by atoms with Gasteiger partial charge in [-0.2, -0.15) is 0 Å². The third-order valence-electron chi connectivity index (χ3n) is 3.37. The van der Waals surface area contributed by atoms with Gasteiger partial charge in [0.2, 0.25) is 11.8 Å². The van der Waals surface area contributed by atoms with Crippen LogP contribution in [0.5, 0.6) is 0 Å². The van der Waals surface area contributed by atoms with Crippen molar-refractivity contribution >= 4 is 11.8 Å². The van der Waals surface area contributed by atoms with E-state index in [0.29, 0.717) is 6.54 Å². The lowest BCUT2D eigenvalue weighted by molar-refractivity contribution is -0.140. The number of benzene rings is 1. The van der Waals surface area contributed by atoms with Gasteiger partial charge in [-0.05, 0) is 31.4 Å². The molecule has 1 aliphatic rings. The molecule has 0 aromatic heterocycles. The zero-order valence-corrected chi connectivity index (χ0v) is 11.6. The SMILES string of the molecule is CC(=O)N1CCc2ccccc2[C@H]1C(=O)NC(C)C. The van der Waals surface area contributed by atoms with Crippen molar-refractivity contribution in [2.24, 2.45) is 0 Å². The first-order chi connectivity index (χ1) is 9.00. The zero-order chi connectivity index (χ0) is 14.0. The van der Waals surface area contributed by atoms with Crippen LogP contribution in [0, 0.1) is 0 Å². The Balaban J connectivity index is 2.38. The second-order valence-corrected chi connectivity index (χ2v) is 5.23. The number of carbonyl (C=O) groups is 2. The van der Waals surface area contributed by atoms with Crippen molar-refractivity contribution in [1.29, 1.82) is 0 Å². The van der Waals surface area contributed by atoms with Gasteiger partial charge in [0.05, 0.1) is 0 Å². The molecule has 4 heteroatoms. The minimum absolute atomic E-state index is 0.0570. The van der Waals surface area contributed by atoms with Crippen LogP contribution in [0.15, 0.2) is 24.3 Å². The summed E-state index contributed by atoms with van der Waals surface area (Å²) < 4.78 is 0. The van der Waals surface area contributed by atoms with Crippen LogP contribution in [0.1, 0.15) is 37.9 Å². The van der Waals surface area contributed by atoms with E-state index in [-0.39, 0.29) is 17.9 Å². The van der Waals surface area contributed by atoms with Crippen molar-refractivity contribution in [3.05, 3.63) is 35.4 Å². The van der Waals surface area contributed by atoms with Gasteiger partial charge in [0, 0.05) is 19.5 Å². The normalized spacial score (nSPS) is 18.1. The standard InChI is InChI=1S/C15H20N2O2/c1-10(2)16-15(19)14-13-7-5-4-6-12(13)8-9-17(14)11(3)18/h4-7,10,14H,8-9H2,1-3H3,(H,16,19)/t14-/m0/s1. The van der Waals surface area contributed by atoms with Crippen molar-refractivity contribution in [1.82, 2.24) is 10.2 Å². The summed E-state index contributed by atoms with van der Waals surface area (Å²) in [7, 11) is 0. The number of hydrogen-bond acceptors (Lipinski definition) is 2. The van der Waals surface area contributed by atoms with Crippen LogP contribution < -0.4 is 5.32 Å². The van der Waals surface area contributed by atoms with Gasteiger partial charge in [-0.15, -0.1) is 0 Å². The molecule has 102 valence electrons. The second-order valence-electron chi connectivity index (χ2n) is 5.23. The van der Waals surface area contributed by atoms with Crippen LogP contribution in [-0.2, 0) is 16.0 Å². The van der Waals surface area contributed by atoms with E-state index in [1.807, 2.05) is 38.1 Å². The van der Waals surface area contributed by atoms with Gasteiger partial charge in [-0.3, -0.25) is 9.59 Å². The van der Waals surface area contributed by atoms with Crippen LogP contribution in [0.4, 0.5) is 0 Å². The summed E-state index contributed by atoms with van der Waals surface area (Å²) in [5, 5.41) is 2.91. The molecule has 2 amide bonds. The van der Waals surface area contributed by atoms with Gasteiger partial charge in [-0.1, -0.05) is 24.3 Å². The molecule has 1 aromatic carbocycles. The second kappa shape index (κ2) is 5.43. The number of rotatable bonds is 2. The molecule has 0 aliphatic carbocycles. The van der Waals surface area contributed by atoms with E-state index in [4.69, 9.17) is 0 Å². The molecule has 1 atom stereocenters. The van der Waals surface area contributed by atoms with Crippen molar-refractivity contribution in [3.8, 4) is 0 Å². The minimum atomic E-state index is -0.496. The Kier molecular flexibility index (Phi) is 3.88. The van der Waals surface area contributed by atoms with Crippen molar-refractivity contribution < 1.29 is 9.59 Å². The molecule has 1 heterocycles. The van der Waals surface area contributed by atoms with Gasteiger partial charge in [0.1, 0.15) is 6.04 Å². The first kappa shape index (κ1) is 13.6. The van der Waals surface area contributed by atoms with E-state index < -0.39 is 6.04 Å². The highest BCUT2D eigenvalue weighted by Crippen LogP contribution is 2.29. The van der Waals surface area contributed by atoms with Gasteiger partial charge in [-0.25, -0.2) is 0 Å². The molecule has 4 nitrogen and oxygen atoms in total. The van der Waals surface area contributed by atoms with E-state index in [9.17, 15) is 9.59 Å². The number of nitrogens with one attached hydrogen (secondary N) is 1. The molecule has 1 N–H and O–H groups in total. The zero-order valence-electron chi connectivity index (χ0n) is 11.6. The van der Waals surface area contributed by atoms with E-state index in [2.05, 4.69) is 5.32 Å². The lowest BCUT2D eigenvalue weighted by Gasteiger charge is -2.36. The maximum atomic E-state index is 12.4. The molecule has 19 heavy (non-hydrogen) atoms. The predicted molar refractivity (Wildman–Crippen MR) is 73.6 cm³/mol. The molecule has 0 saturated heterocycles. The first-order valence-corrected chi connectivity index (χ1v) is 6.66. The summed E-state index contributed by atoms with van der Waals surface area (Å²) in [6.07, 6.45) is 0.807. The highest BCUT2D eigenvalue weighted by Gasteiger charge is 2.34. The molecule has 0 unspecified atom stereocenters. The summed E-state index contributed by atoms with van der Waals surface area (Å²) in [6, 6.07) is 7.43. The smallest absolute Gasteiger partial charge is 0.247 e. The summed E-state index contributed by atoms with van der Waals surface area (Å²) in [5.41, 5.74) is 2.10. The minimum Gasteiger partial charge on any atom is -0.352 e. The molecule has 0 fully saturated rings. The Morgan fingerprint density at radius 1 is 1.32 bits per heavy atom. The van der Waals surface area contributed by atoms with Crippen LogP contribution >= 0.6 is 0 Å². The van der Waals surface area contributed by atoms with Gasteiger partial charge >= 0.3 is 0 Å². The average molecular weight is 260 g/mol. The lowest BCUT2D eigenvalue weighted by atomic mass is 9.92. The predicted octanol–water partition coefficient (Wildman–Crippen LogP) is 1.66. The van der Waals surface area contributed by atoms with E-state index in [0.717, 1.165) is 17.5 Å². The average Bonchev–Trinajstić information content (AvgIpc) is 2.36. The Morgan fingerprint density at radius 3 is 2.63 bits per heavy atom. The van der Waals surface area contributed by atoms with Crippen LogP contribution in [0.3, 0.4) is 0 Å². The van der Waals surface area contributed by atoms with Gasteiger partial charge in [0.25, 0.3) is 0 Å². The third kappa shape index (κ3) is 2.78. The Labute approximate surface area is 113 Å². The van der Waals surface area contributed by atoms with Gasteiger partial charge < -0.3 is 10.2 Å². The van der Waals surface area contributed by atoms with Crippen LogP contribution in [-0.4, -0.2) is 29.3 Å². The van der Waals surface area contributed by atoms with Crippen molar-refractivity contribution in [3.63, 3.8) is 0 Å². The number of nitrogens with zero attached hydrogens (tertiary/aromatic N) is 1. The highest BCUT2D eigenvalue weighted by atomic mass is 16.2. The number of fused-ring (bicyclic) bond motifs is 1. The monoisotopic (exact) mass is 260 g/mol. The highest BCUT2D eigenvalue weighted by molar-refractivity contribution is 5.89. The number of carbonyl (C=O) groups excluding carboxylic acids is 2. The Morgan fingerprint density at radius 2 is 2.00 bits per heavy atom. The van der Waals surface area contributed by atoms with Crippen LogP contribution in [0.25, 0.3) is 0 Å². The van der Waals surface area contributed by atoms with E-state index in [1.54, 1.807) is 4.90 Å². The molecule has 0 saturated carbocycles. The third-order valence-corrected chi connectivity index (χ3v) is 3.37. The van der Waals surface area contributed by atoms with Gasteiger partial charge in [0.15, 0.2) is 0 Å². The maximum absolute atomic E-state index is 12.4. The maximum Gasteiger partial charge on any atom is 0.247 e. The molecule has 1 aliphatic heterocycles. The first-order valence-electron chi connectivity index (χ1n) is 6.66. The lowest BCUT2D eigenvalue weighted by Crippen LogP contribution is -2.47. The molecule has 0 bridgehead atoms. The Hall–Kier alpha value is -1.84. The number of hydrogen-bond donors (Lipinski definition) is 1. The fourth-order valence-corrected chi connectivity index (χ4v) is 2.55. The summed E-state index contributed by atoms with van der Waals surface area (Å²) in [4.78, 5) is 25.8. The Bertz CT molecular complexity index is 497. The molecular weight excluding hydrogens is 240 g/mol. The summed E-state index contributed by atoms with van der Waals surface area (Å²) >= 11 is 0. The molecule has 0 spiro atoms. The van der Waals surface area contributed by atoms with E-state index in [1.165, 1.54) is 6.92 Å². The quantitative estimate of drug-likeness (QED) is 0.879. The molecule has 1 aromatic rings. The summed E-state index contributed by atoms with van der Waals surface area (Å²) in [6.45, 7) is 5.96. The molecule has 0 radical (unpaired) electrons. The van der Waals surface area contributed by atoms with Crippen molar-refractivity contribution in [2.45, 2.75) is 39.3 Å². The molecular formula is C15H20N2O2. The fourth-order valence-electron chi connectivity index (χ4n) is 2.55. The van der Waals surface area contributed by atoms with E-state index >= 15 is 0 Å². The topological polar surface area (TPSA) is 49.4 Å².